The summed E-state index contributed by atoms with van der Waals surface area (Å²) in [6, 6.07) is 14.6. The van der Waals surface area contributed by atoms with Crippen LogP contribution in [0.2, 0.25) is 0 Å². The first-order valence-electron chi connectivity index (χ1n) is 9.37. The van der Waals surface area contributed by atoms with Crippen molar-refractivity contribution in [3.05, 3.63) is 58.9 Å². The Labute approximate surface area is 178 Å². The van der Waals surface area contributed by atoms with E-state index in [1.807, 2.05) is 31.2 Å². The number of aryl methyl sites for hydroxylation is 1. The van der Waals surface area contributed by atoms with Gasteiger partial charge in [0.15, 0.2) is 17.2 Å². The number of carbonyl (C=O) groups is 2. The molecule has 0 unspecified atom stereocenters. The van der Waals surface area contributed by atoms with Crippen molar-refractivity contribution in [1.82, 2.24) is 14.8 Å². The van der Waals surface area contributed by atoms with Crippen LogP contribution in [0.1, 0.15) is 12.5 Å². The number of amides is 1. The van der Waals surface area contributed by atoms with Gasteiger partial charge in [-0.15, -0.1) is 0 Å². The molecule has 0 atom stereocenters. The maximum atomic E-state index is 12.6. The predicted octanol–water partition coefficient (Wildman–Crippen LogP) is 3.50. The summed E-state index contributed by atoms with van der Waals surface area (Å²) in [4.78, 5) is 24.0. The first-order valence-corrected chi connectivity index (χ1v) is 9.77. The van der Waals surface area contributed by atoms with Gasteiger partial charge in [-0.05, 0) is 44.3 Å². The number of nitrogens with zero attached hydrogens (tertiary/aromatic N) is 2. The summed E-state index contributed by atoms with van der Waals surface area (Å²) in [5.41, 5.74) is 2.48. The average Bonchev–Trinajstić information content (AvgIpc) is 3.07. The van der Waals surface area contributed by atoms with Crippen LogP contribution in [0, 0.1) is 11.7 Å². The Kier molecular flexibility index (Phi) is 6.97. The van der Waals surface area contributed by atoms with E-state index in [9.17, 15) is 9.59 Å². The Morgan fingerprint density at radius 1 is 1.20 bits per heavy atom. The Morgan fingerprint density at radius 3 is 2.77 bits per heavy atom. The Morgan fingerprint density at radius 2 is 2.00 bits per heavy atom. The van der Waals surface area contributed by atoms with E-state index in [0.29, 0.717) is 28.6 Å². The van der Waals surface area contributed by atoms with Gasteiger partial charge in [-0.1, -0.05) is 29.8 Å². The lowest BCUT2D eigenvalue weighted by molar-refractivity contribution is -0.145. The number of aromatic nitrogens is 3. The molecule has 0 aliphatic rings. The molecular formula is C21H22N4O4S. The SMILES string of the molecule is CCOC(=O)COc1cccc(NC(=O)Cn2c(-c3cccc(C)c3)n[nH]c2=S)c1. The number of ether oxygens (including phenoxy) is 2. The van der Waals surface area contributed by atoms with E-state index in [-0.39, 0.29) is 19.1 Å². The number of nitrogens with one attached hydrogen (secondary N) is 2. The molecule has 0 aliphatic heterocycles. The first-order chi connectivity index (χ1) is 14.5. The fourth-order valence-electron chi connectivity index (χ4n) is 2.82. The summed E-state index contributed by atoms with van der Waals surface area (Å²) >= 11 is 5.29. The molecule has 0 radical (unpaired) electrons. The highest BCUT2D eigenvalue weighted by molar-refractivity contribution is 7.71. The van der Waals surface area contributed by atoms with Crippen molar-refractivity contribution < 1.29 is 19.1 Å². The van der Waals surface area contributed by atoms with Crippen LogP contribution in [0.4, 0.5) is 5.69 Å². The smallest absolute Gasteiger partial charge is 0.344 e. The van der Waals surface area contributed by atoms with Crippen LogP contribution < -0.4 is 10.1 Å². The van der Waals surface area contributed by atoms with Gasteiger partial charge in [0, 0.05) is 17.3 Å². The molecule has 9 heteroatoms. The van der Waals surface area contributed by atoms with Gasteiger partial charge in [-0.25, -0.2) is 4.79 Å². The highest BCUT2D eigenvalue weighted by atomic mass is 32.1. The molecule has 0 spiro atoms. The minimum Gasteiger partial charge on any atom is -0.482 e. The van der Waals surface area contributed by atoms with E-state index >= 15 is 0 Å². The zero-order valence-electron chi connectivity index (χ0n) is 16.7. The number of rotatable bonds is 8. The van der Waals surface area contributed by atoms with E-state index < -0.39 is 5.97 Å². The van der Waals surface area contributed by atoms with Crippen molar-refractivity contribution in [2.75, 3.05) is 18.5 Å². The van der Waals surface area contributed by atoms with Crippen molar-refractivity contribution in [2.24, 2.45) is 0 Å². The predicted molar refractivity (Wildman–Crippen MR) is 115 cm³/mol. The monoisotopic (exact) mass is 426 g/mol. The lowest BCUT2D eigenvalue weighted by atomic mass is 10.1. The van der Waals surface area contributed by atoms with Crippen LogP contribution in [-0.4, -0.2) is 39.9 Å². The zero-order valence-corrected chi connectivity index (χ0v) is 17.5. The third-order valence-electron chi connectivity index (χ3n) is 4.12. The maximum absolute atomic E-state index is 12.6. The standard InChI is InChI=1S/C21H22N4O4S/c1-3-28-19(27)13-29-17-9-5-8-16(11-17)22-18(26)12-25-20(23-24-21(25)30)15-7-4-6-14(2)10-15/h4-11H,3,12-13H2,1-2H3,(H,22,26)(H,24,30). The van der Waals surface area contributed by atoms with Crippen LogP contribution in [0.25, 0.3) is 11.4 Å². The minimum atomic E-state index is -0.454. The molecule has 3 aromatic rings. The lowest BCUT2D eigenvalue weighted by Gasteiger charge is -2.10. The van der Waals surface area contributed by atoms with Gasteiger partial charge < -0.3 is 14.8 Å². The van der Waals surface area contributed by atoms with Crippen LogP contribution in [0.5, 0.6) is 5.75 Å². The van der Waals surface area contributed by atoms with E-state index in [2.05, 4.69) is 15.5 Å². The molecular weight excluding hydrogens is 404 g/mol. The number of hydrogen-bond donors (Lipinski definition) is 2. The largest absolute Gasteiger partial charge is 0.482 e. The first kappa shape index (κ1) is 21.3. The van der Waals surface area contributed by atoms with E-state index in [1.165, 1.54) is 0 Å². The molecule has 30 heavy (non-hydrogen) atoms. The van der Waals surface area contributed by atoms with Crippen LogP contribution in [-0.2, 0) is 20.9 Å². The second-order valence-electron chi connectivity index (χ2n) is 6.48. The van der Waals surface area contributed by atoms with Crippen molar-refractivity contribution in [3.63, 3.8) is 0 Å². The van der Waals surface area contributed by atoms with Crippen molar-refractivity contribution in [2.45, 2.75) is 20.4 Å². The zero-order chi connectivity index (χ0) is 21.5. The number of benzene rings is 2. The molecule has 2 N–H and O–H groups in total. The maximum Gasteiger partial charge on any atom is 0.344 e. The van der Waals surface area contributed by atoms with Crippen LogP contribution in [0.3, 0.4) is 0 Å². The quantitative estimate of drug-likeness (QED) is 0.423. The molecule has 1 heterocycles. The van der Waals surface area contributed by atoms with Gasteiger partial charge in [0.05, 0.1) is 6.61 Å². The molecule has 1 amide bonds. The third-order valence-corrected chi connectivity index (χ3v) is 4.43. The van der Waals surface area contributed by atoms with Crippen LogP contribution >= 0.6 is 12.2 Å². The van der Waals surface area contributed by atoms with E-state index in [4.69, 9.17) is 21.7 Å². The summed E-state index contributed by atoms with van der Waals surface area (Å²) in [5, 5.41) is 9.81. The molecule has 0 saturated carbocycles. The van der Waals surface area contributed by atoms with Gasteiger partial charge in [-0.3, -0.25) is 14.5 Å². The fraction of sp³-hybridized carbons (Fsp3) is 0.238. The molecule has 8 nitrogen and oxygen atoms in total. The Bertz CT molecular complexity index is 1110. The molecule has 3 rings (SSSR count). The molecule has 0 fully saturated rings. The van der Waals surface area contributed by atoms with E-state index in [1.54, 1.807) is 35.8 Å². The lowest BCUT2D eigenvalue weighted by Crippen LogP contribution is -2.19. The van der Waals surface area contributed by atoms with Gasteiger partial charge in [0.1, 0.15) is 12.3 Å². The molecule has 1 aromatic heterocycles. The summed E-state index contributed by atoms with van der Waals surface area (Å²) in [7, 11) is 0. The molecule has 0 aliphatic carbocycles. The normalized spacial score (nSPS) is 10.5. The summed E-state index contributed by atoms with van der Waals surface area (Å²) in [6.45, 7) is 3.80. The number of H-pyrrole nitrogens is 1. The van der Waals surface area contributed by atoms with Crippen molar-refractivity contribution in [1.29, 1.82) is 0 Å². The minimum absolute atomic E-state index is 0.00742. The van der Waals surface area contributed by atoms with Crippen LogP contribution in [0.15, 0.2) is 48.5 Å². The molecule has 0 bridgehead atoms. The Balaban J connectivity index is 1.68. The fourth-order valence-corrected chi connectivity index (χ4v) is 3.02. The number of carbonyl (C=O) groups excluding carboxylic acids is 2. The van der Waals surface area contributed by atoms with Gasteiger partial charge >= 0.3 is 5.97 Å². The topological polar surface area (TPSA) is 98.2 Å². The second-order valence-corrected chi connectivity index (χ2v) is 6.86. The third kappa shape index (κ3) is 5.54. The number of anilines is 1. The summed E-state index contributed by atoms with van der Waals surface area (Å²) < 4.78 is 12.2. The highest BCUT2D eigenvalue weighted by Gasteiger charge is 2.13. The second kappa shape index (κ2) is 9.84. The highest BCUT2D eigenvalue weighted by Crippen LogP contribution is 2.20. The van der Waals surface area contributed by atoms with E-state index in [0.717, 1.165) is 11.1 Å². The number of esters is 1. The summed E-state index contributed by atoms with van der Waals surface area (Å²) in [6.07, 6.45) is 0. The number of aromatic amines is 1. The number of hydrogen-bond acceptors (Lipinski definition) is 6. The Hall–Kier alpha value is -3.46. The average molecular weight is 426 g/mol. The van der Waals surface area contributed by atoms with Gasteiger partial charge in [0.2, 0.25) is 5.91 Å². The van der Waals surface area contributed by atoms with Gasteiger partial charge in [0.25, 0.3) is 0 Å². The van der Waals surface area contributed by atoms with Crippen molar-refractivity contribution in [3.8, 4) is 17.1 Å². The summed E-state index contributed by atoms with van der Waals surface area (Å²) in [5.74, 6) is 0.306. The van der Waals surface area contributed by atoms with Gasteiger partial charge in [-0.2, -0.15) is 5.10 Å². The molecule has 156 valence electrons. The van der Waals surface area contributed by atoms with Crippen molar-refractivity contribution >= 4 is 29.8 Å². The molecule has 0 saturated heterocycles. The molecule has 2 aromatic carbocycles.